The van der Waals surface area contributed by atoms with Crippen LogP contribution < -0.4 is 15.5 Å². The standard InChI is InChI=1S/C21H24N6O/c1-16-13-20(26-21(24-16)23-15-17-3-2-8-22-14-17)25-18-4-6-19(7-5-18)27-9-11-28-12-10-27/h2-8,13-14H,9-12,15H2,1H3,(H2,23,24,25,26). The van der Waals surface area contributed by atoms with E-state index in [2.05, 4.69) is 54.8 Å². The molecule has 3 heterocycles. The fraction of sp³-hybridized carbons (Fsp3) is 0.286. The number of aryl methyl sites for hydroxylation is 1. The van der Waals surface area contributed by atoms with Crippen LogP contribution in [0.3, 0.4) is 0 Å². The average molecular weight is 376 g/mol. The molecule has 2 aromatic heterocycles. The van der Waals surface area contributed by atoms with Crippen LogP contribution in [0.1, 0.15) is 11.3 Å². The highest BCUT2D eigenvalue weighted by atomic mass is 16.5. The number of benzene rings is 1. The highest BCUT2D eigenvalue weighted by molar-refractivity contribution is 5.61. The molecule has 0 unspecified atom stereocenters. The molecule has 2 N–H and O–H groups in total. The highest BCUT2D eigenvalue weighted by Crippen LogP contribution is 2.22. The van der Waals surface area contributed by atoms with Crippen molar-refractivity contribution in [3.8, 4) is 0 Å². The van der Waals surface area contributed by atoms with Gasteiger partial charge in [-0.05, 0) is 42.8 Å². The second-order valence-electron chi connectivity index (χ2n) is 6.70. The number of nitrogens with zero attached hydrogens (tertiary/aromatic N) is 4. The molecule has 0 radical (unpaired) electrons. The predicted octanol–water partition coefficient (Wildman–Crippen LogP) is 3.37. The maximum absolute atomic E-state index is 5.42. The van der Waals surface area contributed by atoms with Crippen molar-refractivity contribution in [2.45, 2.75) is 13.5 Å². The summed E-state index contributed by atoms with van der Waals surface area (Å²) in [5, 5.41) is 6.63. The van der Waals surface area contributed by atoms with Gasteiger partial charge in [-0.3, -0.25) is 4.98 Å². The first-order valence-electron chi connectivity index (χ1n) is 9.44. The number of nitrogens with one attached hydrogen (secondary N) is 2. The van der Waals surface area contributed by atoms with Gasteiger partial charge in [0, 0.05) is 55.2 Å². The molecule has 144 valence electrons. The van der Waals surface area contributed by atoms with Crippen LogP contribution in [0.15, 0.2) is 54.9 Å². The van der Waals surface area contributed by atoms with Crippen LogP contribution in [0.4, 0.5) is 23.1 Å². The molecule has 0 amide bonds. The Balaban J connectivity index is 1.41. The maximum atomic E-state index is 5.42. The van der Waals surface area contributed by atoms with Crippen molar-refractivity contribution in [3.63, 3.8) is 0 Å². The quantitative estimate of drug-likeness (QED) is 0.683. The van der Waals surface area contributed by atoms with E-state index in [1.54, 1.807) is 6.20 Å². The number of anilines is 4. The van der Waals surface area contributed by atoms with Gasteiger partial charge in [-0.1, -0.05) is 6.07 Å². The number of rotatable bonds is 6. The molecule has 0 aliphatic carbocycles. The normalized spacial score (nSPS) is 14.0. The van der Waals surface area contributed by atoms with E-state index in [4.69, 9.17) is 4.74 Å². The summed E-state index contributed by atoms with van der Waals surface area (Å²) in [6, 6.07) is 14.3. The van der Waals surface area contributed by atoms with Crippen LogP contribution in [0.5, 0.6) is 0 Å². The lowest BCUT2D eigenvalue weighted by Crippen LogP contribution is -2.36. The van der Waals surface area contributed by atoms with Crippen LogP contribution in [-0.4, -0.2) is 41.3 Å². The van der Waals surface area contributed by atoms with Crippen molar-refractivity contribution in [1.82, 2.24) is 15.0 Å². The Morgan fingerprint density at radius 1 is 1.07 bits per heavy atom. The number of pyridine rings is 1. The van der Waals surface area contributed by atoms with Gasteiger partial charge in [0.2, 0.25) is 5.95 Å². The number of hydrogen-bond acceptors (Lipinski definition) is 7. The Hall–Kier alpha value is -3.19. The summed E-state index contributed by atoms with van der Waals surface area (Å²) in [5.41, 5.74) is 4.19. The maximum Gasteiger partial charge on any atom is 0.225 e. The van der Waals surface area contributed by atoms with Crippen LogP contribution in [0.25, 0.3) is 0 Å². The summed E-state index contributed by atoms with van der Waals surface area (Å²) < 4.78 is 5.42. The third kappa shape index (κ3) is 4.75. The molecule has 1 fully saturated rings. The van der Waals surface area contributed by atoms with Crippen molar-refractivity contribution in [3.05, 3.63) is 66.1 Å². The molecular weight excluding hydrogens is 352 g/mol. The van der Waals surface area contributed by atoms with Gasteiger partial charge in [-0.15, -0.1) is 0 Å². The van der Waals surface area contributed by atoms with E-state index in [9.17, 15) is 0 Å². The molecule has 0 saturated carbocycles. The Morgan fingerprint density at radius 2 is 1.89 bits per heavy atom. The van der Waals surface area contributed by atoms with E-state index < -0.39 is 0 Å². The Morgan fingerprint density at radius 3 is 2.64 bits per heavy atom. The van der Waals surface area contributed by atoms with Crippen molar-refractivity contribution in [2.24, 2.45) is 0 Å². The Kier molecular flexibility index (Phi) is 5.63. The fourth-order valence-electron chi connectivity index (χ4n) is 3.12. The molecule has 28 heavy (non-hydrogen) atoms. The molecule has 7 heteroatoms. The zero-order valence-electron chi connectivity index (χ0n) is 15.9. The van der Waals surface area contributed by atoms with Crippen molar-refractivity contribution < 1.29 is 4.74 Å². The summed E-state index contributed by atoms with van der Waals surface area (Å²) in [7, 11) is 0. The number of hydrogen-bond donors (Lipinski definition) is 2. The van der Waals surface area contributed by atoms with Gasteiger partial charge in [0.05, 0.1) is 13.2 Å². The first-order chi connectivity index (χ1) is 13.8. The lowest BCUT2D eigenvalue weighted by Gasteiger charge is -2.28. The molecule has 0 spiro atoms. The summed E-state index contributed by atoms with van der Waals surface area (Å²) >= 11 is 0. The third-order valence-electron chi connectivity index (χ3n) is 4.54. The highest BCUT2D eigenvalue weighted by Gasteiger charge is 2.11. The SMILES string of the molecule is Cc1cc(Nc2ccc(N3CCOCC3)cc2)nc(NCc2cccnc2)n1. The smallest absolute Gasteiger partial charge is 0.225 e. The largest absolute Gasteiger partial charge is 0.378 e. The van der Waals surface area contributed by atoms with E-state index in [1.807, 2.05) is 31.3 Å². The summed E-state index contributed by atoms with van der Waals surface area (Å²) in [6.07, 6.45) is 3.59. The van der Waals surface area contributed by atoms with E-state index in [0.29, 0.717) is 12.5 Å². The predicted molar refractivity (Wildman–Crippen MR) is 111 cm³/mol. The third-order valence-corrected chi connectivity index (χ3v) is 4.54. The minimum Gasteiger partial charge on any atom is -0.378 e. The molecule has 1 saturated heterocycles. The Labute approximate surface area is 164 Å². The minimum atomic E-state index is 0.594. The summed E-state index contributed by atoms with van der Waals surface area (Å²) in [4.78, 5) is 15.5. The first kappa shape index (κ1) is 18.2. The Bertz CT molecular complexity index is 895. The van der Waals surface area contributed by atoms with E-state index in [-0.39, 0.29) is 0 Å². The van der Waals surface area contributed by atoms with Gasteiger partial charge < -0.3 is 20.3 Å². The van der Waals surface area contributed by atoms with E-state index >= 15 is 0 Å². The summed E-state index contributed by atoms with van der Waals surface area (Å²) in [6.45, 7) is 6.03. The molecule has 3 aromatic rings. The van der Waals surface area contributed by atoms with Gasteiger partial charge in [-0.25, -0.2) is 4.98 Å². The van der Waals surface area contributed by atoms with Gasteiger partial charge in [0.15, 0.2) is 0 Å². The molecule has 0 bridgehead atoms. The average Bonchev–Trinajstić information content (AvgIpc) is 2.74. The topological polar surface area (TPSA) is 75.2 Å². The second kappa shape index (κ2) is 8.67. The van der Waals surface area contributed by atoms with Crippen molar-refractivity contribution in [2.75, 3.05) is 41.8 Å². The molecule has 7 nitrogen and oxygen atoms in total. The molecule has 1 aliphatic rings. The van der Waals surface area contributed by atoms with E-state index in [0.717, 1.165) is 49.1 Å². The molecule has 1 aliphatic heterocycles. The second-order valence-corrected chi connectivity index (χ2v) is 6.70. The monoisotopic (exact) mass is 376 g/mol. The number of ether oxygens (including phenoxy) is 1. The van der Waals surface area contributed by atoms with Crippen LogP contribution in [-0.2, 0) is 11.3 Å². The molecule has 4 rings (SSSR count). The minimum absolute atomic E-state index is 0.594. The summed E-state index contributed by atoms with van der Waals surface area (Å²) in [5.74, 6) is 1.36. The number of aromatic nitrogens is 3. The van der Waals surface area contributed by atoms with Gasteiger partial charge >= 0.3 is 0 Å². The zero-order valence-corrected chi connectivity index (χ0v) is 15.9. The van der Waals surface area contributed by atoms with E-state index in [1.165, 1.54) is 5.69 Å². The number of morpholine rings is 1. The lowest BCUT2D eigenvalue weighted by atomic mass is 10.2. The fourth-order valence-corrected chi connectivity index (χ4v) is 3.12. The lowest BCUT2D eigenvalue weighted by molar-refractivity contribution is 0.122. The molecule has 0 atom stereocenters. The van der Waals surface area contributed by atoms with Crippen molar-refractivity contribution >= 4 is 23.1 Å². The van der Waals surface area contributed by atoms with Crippen LogP contribution in [0.2, 0.25) is 0 Å². The van der Waals surface area contributed by atoms with Crippen LogP contribution >= 0.6 is 0 Å². The van der Waals surface area contributed by atoms with Crippen LogP contribution in [0, 0.1) is 6.92 Å². The van der Waals surface area contributed by atoms with Gasteiger partial charge in [-0.2, -0.15) is 4.98 Å². The zero-order chi connectivity index (χ0) is 19.2. The first-order valence-corrected chi connectivity index (χ1v) is 9.44. The van der Waals surface area contributed by atoms with Gasteiger partial charge in [0.1, 0.15) is 5.82 Å². The molecular formula is C21H24N6O. The molecule has 1 aromatic carbocycles. The van der Waals surface area contributed by atoms with Crippen molar-refractivity contribution in [1.29, 1.82) is 0 Å². The van der Waals surface area contributed by atoms with Gasteiger partial charge in [0.25, 0.3) is 0 Å².